The Kier molecular flexibility index (Phi) is 2.09. The second-order valence-corrected chi connectivity index (χ2v) is 3.13. The van der Waals surface area contributed by atoms with Gasteiger partial charge in [-0.1, -0.05) is 6.92 Å². The average molecular weight is 192 g/mol. The molecule has 2 heterocycles. The minimum Gasteiger partial charge on any atom is -0.385 e. The highest BCUT2D eigenvalue weighted by Gasteiger charge is 2.11. The standard InChI is InChI=1S/C9H12N4O/c1-2-6(14)9-12-7(10)5-3-4-11-8(5)13-9/h3-4,6,14H,2H2,1H3,(H3,10,11,12,13). The number of nitrogens with one attached hydrogen (secondary N) is 1. The van der Waals surface area contributed by atoms with Gasteiger partial charge in [0.25, 0.3) is 0 Å². The molecule has 0 spiro atoms. The molecule has 0 aliphatic rings. The molecular weight excluding hydrogens is 180 g/mol. The Morgan fingerprint density at radius 1 is 1.57 bits per heavy atom. The van der Waals surface area contributed by atoms with Gasteiger partial charge in [-0.15, -0.1) is 0 Å². The van der Waals surface area contributed by atoms with E-state index in [1.54, 1.807) is 6.20 Å². The monoisotopic (exact) mass is 192 g/mol. The summed E-state index contributed by atoms with van der Waals surface area (Å²) >= 11 is 0. The number of hydrogen-bond acceptors (Lipinski definition) is 4. The number of hydrogen-bond donors (Lipinski definition) is 3. The van der Waals surface area contributed by atoms with Crippen molar-refractivity contribution in [1.82, 2.24) is 15.0 Å². The highest BCUT2D eigenvalue weighted by atomic mass is 16.3. The van der Waals surface area contributed by atoms with Crippen molar-refractivity contribution in [2.24, 2.45) is 0 Å². The van der Waals surface area contributed by atoms with Crippen molar-refractivity contribution in [3.8, 4) is 0 Å². The summed E-state index contributed by atoms with van der Waals surface area (Å²) in [5.41, 5.74) is 6.38. The molecule has 1 atom stereocenters. The summed E-state index contributed by atoms with van der Waals surface area (Å²) in [4.78, 5) is 11.1. The van der Waals surface area contributed by atoms with Crippen molar-refractivity contribution >= 4 is 16.9 Å². The number of rotatable bonds is 2. The maximum Gasteiger partial charge on any atom is 0.161 e. The molecule has 0 aromatic carbocycles. The fraction of sp³-hybridized carbons (Fsp3) is 0.333. The van der Waals surface area contributed by atoms with E-state index in [2.05, 4.69) is 15.0 Å². The molecule has 2 aromatic rings. The van der Waals surface area contributed by atoms with Gasteiger partial charge in [0.2, 0.25) is 0 Å². The Balaban J connectivity index is 2.58. The van der Waals surface area contributed by atoms with Crippen molar-refractivity contribution < 1.29 is 5.11 Å². The lowest BCUT2D eigenvalue weighted by atomic mass is 10.2. The topological polar surface area (TPSA) is 87.8 Å². The molecule has 0 saturated carbocycles. The maximum atomic E-state index is 9.56. The highest BCUT2D eigenvalue weighted by molar-refractivity contribution is 5.85. The van der Waals surface area contributed by atoms with Gasteiger partial charge in [0.05, 0.1) is 5.39 Å². The smallest absolute Gasteiger partial charge is 0.161 e. The molecule has 14 heavy (non-hydrogen) atoms. The number of nitrogen functional groups attached to an aromatic ring is 1. The van der Waals surface area contributed by atoms with Crippen molar-refractivity contribution in [1.29, 1.82) is 0 Å². The van der Waals surface area contributed by atoms with Crippen LogP contribution in [0.2, 0.25) is 0 Å². The lowest BCUT2D eigenvalue weighted by Gasteiger charge is -2.06. The molecule has 4 N–H and O–H groups in total. The van der Waals surface area contributed by atoms with Crippen molar-refractivity contribution in [3.63, 3.8) is 0 Å². The predicted octanol–water partition coefficient (Wildman–Crippen LogP) is 0.984. The van der Waals surface area contributed by atoms with Crippen molar-refractivity contribution in [2.75, 3.05) is 5.73 Å². The highest BCUT2D eigenvalue weighted by Crippen LogP contribution is 2.20. The molecule has 5 heteroatoms. The fourth-order valence-electron chi connectivity index (χ4n) is 1.31. The minimum absolute atomic E-state index is 0.375. The molecule has 0 radical (unpaired) electrons. The molecule has 0 amide bonds. The normalized spacial score (nSPS) is 13.3. The van der Waals surface area contributed by atoms with E-state index in [1.807, 2.05) is 13.0 Å². The number of aromatic nitrogens is 3. The first kappa shape index (κ1) is 8.96. The van der Waals surface area contributed by atoms with E-state index in [1.165, 1.54) is 0 Å². The second-order valence-electron chi connectivity index (χ2n) is 3.13. The quantitative estimate of drug-likeness (QED) is 0.662. The summed E-state index contributed by atoms with van der Waals surface area (Å²) in [5.74, 6) is 0.777. The van der Waals surface area contributed by atoms with Gasteiger partial charge in [-0.25, -0.2) is 9.97 Å². The third-order valence-electron chi connectivity index (χ3n) is 2.15. The average Bonchev–Trinajstić information content (AvgIpc) is 2.64. The Bertz CT molecular complexity index is 451. The Hall–Kier alpha value is -1.62. The molecule has 1 unspecified atom stereocenters. The van der Waals surface area contributed by atoms with Crippen LogP contribution < -0.4 is 5.73 Å². The van der Waals surface area contributed by atoms with E-state index in [9.17, 15) is 5.11 Å². The fourth-order valence-corrected chi connectivity index (χ4v) is 1.31. The first-order chi connectivity index (χ1) is 6.72. The van der Waals surface area contributed by atoms with E-state index >= 15 is 0 Å². The van der Waals surface area contributed by atoms with Crippen LogP contribution >= 0.6 is 0 Å². The van der Waals surface area contributed by atoms with Crippen molar-refractivity contribution in [2.45, 2.75) is 19.4 Å². The van der Waals surface area contributed by atoms with Gasteiger partial charge >= 0.3 is 0 Å². The summed E-state index contributed by atoms with van der Waals surface area (Å²) in [6, 6.07) is 1.81. The molecule has 74 valence electrons. The number of nitrogens with two attached hydrogens (primary N) is 1. The zero-order chi connectivity index (χ0) is 10.1. The predicted molar refractivity (Wildman–Crippen MR) is 53.6 cm³/mol. The molecule has 0 saturated heterocycles. The van der Waals surface area contributed by atoms with Crippen LogP contribution in [0.15, 0.2) is 12.3 Å². The van der Waals surface area contributed by atoms with Crippen LogP contribution in [0.5, 0.6) is 0 Å². The molecular formula is C9H12N4O. The van der Waals surface area contributed by atoms with E-state index in [-0.39, 0.29) is 0 Å². The number of aliphatic hydroxyl groups is 1. The molecule has 2 aromatic heterocycles. The number of H-pyrrole nitrogens is 1. The molecule has 5 nitrogen and oxygen atoms in total. The lowest BCUT2D eigenvalue weighted by molar-refractivity contribution is 0.164. The van der Waals surface area contributed by atoms with Gasteiger partial charge in [-0.05, 0) is 12.5 Å². The van der Waals surface area contributed by atoms with Gasteiger partial charge in [-0.2, -0.15) is 0 Å². The van der Waals surface area contributed by atoms with Gasteiger partial charge in [0.1, 0.15) is 17.6 Å². The van der Waals surface area contributed by atoms with E-state index in [4.69, 9.17) is 5.73 Å². The third-order valence-corrected chi connectivity index (χ3v) is 2.15. The Labute approximate surface area is 81.0 Å². The lowest BCUT2D eigenvalue weighted by Crippen LogP contribution is -2.05. The molecule has 0 aliphatic carbocycles. The summed E-state index contributed by atoms with van der Waals surface area (Å²) in [7, 11) is 0. The zero-order valence-corrected chi connectivity index (χ0v) is 7.86. The van der Waals surface area contributed by atoms with E-state index in [0.717, 1.165) is 5.39 Å². The SMILES string of the molecule is CCC(O)c1nc(N)c2cc[nH]c2n1. The van der Waals surface area contributed by atoms with Crippen molar-refractivity contribution in [3.05, 3.63) is 18.1 Å². The van der Waals surface area contributed by atoms with Crippen LogP contribution in [-0.2, 0) is 0 Å². The number of aromatic amines is 1. The number of aliphatic hydroxyl groups excluding tert-OH is 1. The Morgan fingerprint density at radius 2 is 2.36 bits per heavy atom. The van der Waals surface area contributed by atoms with Gasteiger partial charge < -0.3 is 15.8 Å². The second kappa shape index (κ2) is 3.26. The van der Waals surface area contributed by atoms with Crippen LogP contribution in [0.25, 0.3) is 11.0 Å². The largest absolute Gasteiger partial charge is 0.385 e. The van der Waals surface area contributed by atoms with Crippen LogP contribution in [0.1, 0.15) is 25.3 Å². The van der Waals surface area contributed by atoms with Crippen LogP contribution in [0, 0.1) is 0 Å². The van der Waals surface area contributed by atoms with E-state index in [0.29, 0.717) is 23.7 Å². The number of fused-ring (bicyclic) bond motifs is 1. The van der Waals surface area contributed by atoms with Gasteiger partial charge in [-0.3, -0.25) is 0 Å². The summed E-state index contributed by atoms with van der Waals surface area (Å²) < 4.78 is 0. The third kappa shape index (κ3) is 1.31. The van der Waals surface area contributed by atoms with Crippen LogP contribution in [0.4, 0.5) is 5.82 Å². The molecule has 0 bridgehead atoms. The van der Waals surface area contributed by atoms with Gasteiger partial charge in [0, 0.05) is 6.20 Å². The number of anilines is 1. The van der Waals surface area contributed by atoms with E-state index < -0.39 is 6.10 Å². The molecule has 2 rings (SSSR count). The molecule has 0 fully saturated rings. The molecule has 0 aliphatic heterocycles. The number of nitrogens with zero attached hydrogens (tertiary/aromatic N) is 2. The minimum atomic E-state index is -0.648. The van der Waals surface area contributed by atoms with Gasteiger partial charge in [0.15, 0.2) is 5.82 Å². The summed E-state index contributed by atoms with van der Waals surface area (Å²) in [6.45, 7) is 1.86. The van der Waals surface area contributed by atoms with Crippen LogP contribution in [0.3, 0.4) is 0 Å². The summed E-state index contributed by atoms with van der Waals surface area (Å²) in [6.07, 6.45) is 1.67. The van der Waals surface area contributed by atoms with Crippen LogP contribution in [-0.4, -0.2) is 20.1 Å². The first-order valence-electron chi connectivity index (χ1n) is 4.51. The zero-order valence-electron chi connectivity index (χ0n) is 7.86. The first-order valence-corrected chi connectivity index (χ1v) is 4.51. The Morgan fingerprint density at radius 3 is 3.07 bits per heavy atom. The summed E-state index contributed by atoms with van der Waals surface area (Å²) in [5, 5.41) is 10.3. The maximum absolute atomic E-state index is 9.56.